The Labute approximate surface area is 123 Å². The van der Waals surface area contributed by atoms with Crippen LogP contribution in [0.1, 0.15) is 6.92 Å². The van der Waals surface area contributed by atoms with Crippen molar-refractivity contribution in [3.8, 4) is 22.8 Å². The number of nitrogen functional groups attached to an aromatic ring is 1. The molecular formula is C17H18N2O2. The van der Waals surface area contributed by atoms with E-state index in [1.54, 1.807) is 19.2 Å². The lowest BCUT2D eigenvalue weighted by atomic mass is 10.1. The molecule has 0 spiro atoms. The van der Waals surface area contributed by atoms with Gasteiger partial charge in [0.25, 0.3) is 0 Å². The van der Waals surface area contributed by atoms with Crippen molar-refractivity contribution in [3.63, 3.8) is 0 Å². The van der Waals surface area contributed by atoms with E-state index in [4.69, 9.17) is 10.5 Å². The van der Waals surface area contributed by atoms with Crippen molar-refractivity contribution < 1.29 is 9.84 Å². The first-order chi connectivity index (χ1) is 10.2. The highest BCUT2D eigenvalue weighted by Crippen LogP contribution is 2.37. The third kappa shape index (κ3) is 2.09. The van der Waals surface area contributed by atoms with Crippen LogP contribution in [-0.2, 0) is 6.54 Å². The van der Waals surface area contributed by atoms with Gasteiger partial charge in [-0.25, -0.2) is 0 Å². The van der Waals surface area contributed by atoms with Gasteiger partial charge in [-0.15, -0.1) is 0 Å². The van der Waals surface area contributed by atoms with Gasteiger partial charge in [0.15, 0.2) is 0 Å². The quantitative estimate of drug-likeness (QED) is 0.771. The van der Waals surface area contributed by atoms with Crippen LogP contribution in [0.2, 0.25) is 0 Å². The largest absolute Gasteiger partial charge is 0.508 e. The van der Waals surface area contributed by atoms with Crippen LogP contribution < -0.4 is 10.5 Å². The molecule has 21 heavy (non-hydrogen) atoms. The van der Waals surface area contributed by atoms with Crippen LogP contribution >= 0.6 is 0 Å². The lowest BCUT2D eigenvalue weighted by Gasteiger charge is -2.09. The van der Waals surface area contributed by atoms with Gasteiger partial charge in [-0.05, 0) is 43.3 Å². The van der Waals surface area contributed by atoms with Gasteiger partial charge >= 0.3 is 0 Å². The lowest BCUT2D eigenvalue weighted by Crippen LogP contribution is -1.98. The molecule has 3 N–H and O–H groups in total. The number of aromatic hydroxyl groups is 1. The average Bonchev–Trinajstić information content (AvgIpc) is 2.80. The van der Waals surface area contributed by atoms with Gasteiger partial charge in [-0.3, -0.25) is 0 Å². The molecule has 2 aromatic carbocycles. The third-order valence-electron chi connectivity index (χ3n) is 3.77. The third-order valence-corrected chi connectivity index (χ3v) is 3.77. The lowest BCUT2D eigenvalue weighted by molar-refractivity contribution is 0.415. The maximum atomic E-state index is 9.45. The second-order valence-electron chi connectivity index (χ2n) is 4.94. The Morgan fingerprint density at radius 3 is 2.48 bits per heavy atom. The normalized spacial score (nSPS) is 11.0. The Morgan fingerprint density at radius 2 is 1.86 bits per heavy atom. The van der Waals surface area contributed by atoms with Gasteiger partial charge in [0, 0.05) is 23.6 Å². The van der Waals surface area contributed by atoms with E-state index in [9.17, 15) is 5.11 Å². The van der Waals surface area contributed by atoms with Gasteiger partial charge < -0.3 is 20.1 Å². The van der Waals surface area contributed by atoms with E-state index in [-0.39, 0.29) is 5.75 Å². The second kappa shape index (κ2) is 5.05. The van der Waals surface area contributed by atoms with E-state index in [1.165, 1.54) is 0 Å². The van der Waals surface area contributed by atoms with Crippen molar-refractivity contribution in [2.75, 3.05) is 12.8 Å². The van der Waals surface area contributed by atoms with Crippen LogP contribution in [0.15, 0.2) is 42.5 Å². The fourth-order valence-electron chi connectivity index (χ4n) is 2.74. The molecule has 3 rings (SSSR count). The minimum atomic E-state index is 0.248. The van der Waals surface area contributed by atoms with E-state index in [0.29, 0.717) is 0 Å². The summed E-state index contributed by atoms with van der Waals surface area (Å²) >= 11 is 0. The maximum absolute atomic E-state index is 9.45. The SMILES string of the molecule is CCn1c(-c2ccc(O)cc2)c(N)c2ccc(OC)cc21. The fraction of sp³-hybridized carbons (Fsp3) is 0.176. The van der Waals surface area contributed by atoms with E-state index >= 15 is 0 Å². The van der Waals surface area contributed by atoms with Crippen molar-refractivity contribution >= 4 is 16.6 Å². The van der Waals surface area contributed by atoms with Crippen LogP contribution in [0.25, 0.3) is 22.2 Å². The number of aryl methyl sites for hydroxylation is 1. The first-order valence-corrected chi connectivity index (χ1v) is 6.90. The zero-order chi connectivity index (χ0) is 15.0. The number of nitrogens with zero attached hydrogens (tertiary/aromatic N) is 1. The molecule has 3 aromatic rings. The summed E-state index contributed by atoms with van der Waals surface area (Å²) in [5, 5.41) is 10.5. The number of anilines is 1. The molecule has 0 atom stereocenters. The van der Waals surface area contributed by atoms with Crippen LogP contribution in [0, 0.1) is 0 Å². The topological polar surface area (TPSA) is 60.4 Å². The Morgan fingerprint density at radius 1 is 1.14 bits per heavy atom. The smallest absolute Gasteiger partial charge is 0.120 e. The number of aromatic nitrogens is 1. The summed E-state index contributed by atoms with van der Waals surface area (Å²) in [6.45, 7) is 2.89. The molecule has 4 heteroatoms. The summed E-state index contributed by atoms with van der Waals surface area (Å²) in [4.78, 5) is 0. The monoisotopic (exact) mass is 282 g/mol. The highest BCUT2D eigenvalue weighted by Gasteiger charge is 2.16. The molecule has 0 fully saturated rings. The molecule has 0 aliphatic heterocycles. The predicted octanol–water partition coefficient (Wildman–Crippen LogP) is 3.62. The number of fused-ring (bicyclic) bond motifs is 1. The molecule has 0 unspecified atom stereocenters. The van der Waals surface area contributed by atoms with E-state index in [0.717, 1.165) is 40.1 Å². The summed E-state index contributed by atoms with van der Waals surface area (Å²) in [5.41, 5.74) is 10.1. The Kier molecular flexibility index (Phi) is 3.22. The van der Waals surface area contributed by atoms with Crippen LogP contribution in [0.3, 0.4) is 0 Å². The van der Waals surface area contributed by atoms with Gasteiger partial charge in [-0.2, -0.15) is 0 Å². The zero-order valence-electron chi connectivity index (χ0n) is 12.1. The number of hydrogen-bond acceptors (Lipinski definition) is 3. The zero-order valence-corrected chi connectivity index (χ0v) is 12.1. The molecule has 4 nitrogen and oxygen atoms in total. The molecular weight excluding hydrogens is 264 g/mol. The number of ether oxygens (including phenoxy) is 1. The molecule has 0 aliphatic rings. The number of benzene rings is 2. The minimum absolute atomic E-state index is 0.248. The number of hydrogen-bond donors (Lipinski definition) is 2. The van der Waals surface area contributed by atoms with Crippen molar-refractivity contribution in [1.82, 2.24) is 4.57 Å². The van der Waals surface area contributed by atoms with Gasteiger partial charge in [0.1, 0.15) is 11.5 Å². The minimum Gasteiger partial charge on any atom is -0.508 e. The summed E-state index contributed by atoms with van der Waals surface area (Å²) < 4.78 is 7.47. The molecule has 0 radical (unpaired) electrons. The summed E-state index contributed by atoms with van der Waals surface area (Å²) in [5.74, 6) is 1.06. The summed E-state index contributed by atoms with van der Waals surface area (Å²) in [7, 11) is 1.66. The number of rotatable bonds is 3. The van der Waals surface area contributed by atoms with Crippen LogP contribution in [-0.4, -0.2) is 16.8 Å². The van der Waals surface area contributed by atoms with Crippen LogP contribution in [0.5, 0.6) is 11.5 Å². The maximum Gasteiger partial charge on any atom is 0.120 e. The summed E-state index contributed by atoms with van der Waals surface area (Å²) in [6, 6.07) is 13.0. The molecule has 0 bridgehead atoms. The standard InChI is InChI=1S/C17H18N2O2/c1-3-19-15-10-13(21-2)8-9-14(15)16(18)17(19)11-4-6-12(20)7-5-11/h4-10,20H,3,18H2,1-2H3. The number of nitrogens with two attached hydrogens (primary N) is 1. The van der Waals surface area contributed by atoms with Crippen molar-refractivity contribution in [1.29, 1.82) is 0 Å². The summed E-state index contributed by atoms with van der Waals surface area (Å²) in [6.07, 6.45) is 0. The Balaban J connectivity index is 2.31. The first kappa shape index (κ1) is 13.4. The van der Waals surface area contributed by atoms with Crippen molar-refractivity contribution in [2.45, 2.75) is 13.5 Å². The molecule has 0 amide bonds. The fourth-order valence-corrected chi connectivity index (χ4v) is 2.74. The van der Waals surface area contributed by atoms with Gasteiger partial charge in [0.05, 0.1) is 24.0 Å². The van der Waals surface area contributed by atoms with Gasteiger partial charge in [0.2, 0.25) is 0 Å². The van der Waals surface area contributed by atoms with Crippen molar-refractivity contribution in [2.24, 2.45) is 0 Å². The highest BCUT2D eigenvalue weighted by molar-refractivity contribution is 6.01. The van der Waals surface area contributed by atoms with Gasteiger partial charge in [-0.1, -0.05) is 0 Å². The van der Waals surface area contributed by atoms with Crippen molar-refractivity contribution in [3.05, 3.63) is 42.5 Å². The molecule has 1 aromatic heterocycles. The Bertz CT molecular complexity index is 789. The molecule has 108 valence electrons. The van der Waals surface area contributed by atoms with Crippen LogP contribution in [0.4, 0.5) is 5.69 Å². The van der Waals surface area contributed by atoms with E-state index in [2.05, 4.69) is 11.5 Å². The predicted molar refractivity (Wildman–Crippen MR) is 85.7 cm³/mol. The number of phenols is 1. The number of methoxy groups -OCH3 is 1. The molecule has 0 aliphatic carbocycles. The highest BCUT2D eigenvalue weighted by atomic mass is 16.5. The first-order valence-electron chi connectivity index (χ1n) is 6.90. The number of phenolic OH excluding ortho intramolecular Hbond substituents is 1. The van der Waals surface area contributed by atoms with E-state index in [1.807, 2.05) is 30.3 Å². The molecule has 1 heterocycles. The Hall–Kier alpha value is -2.62. The average molecular weight is 282 g/mol. The second-order valence-corrected chi connectivity index (χ2v) is 4.94. The molecule has 0 saturated carbocycles. The molecule has 0 saturated heterocycles. The van der Waals surface area contributed by atoms with E-state index < -0.39 is 0 Å².